The van der Waals surface area contributed by atoms with Gasteiger partial charge in [-0.1, -0.05) is 91.0 Å². The molecule has 0 saturated carbocycles. The molecule has 0 aliphatic carbocycles. The molecule has 1 unspecified atom stereocenters. The topological polar surface area (TPSA) is 55.8 Å². The first kappa shape index (κ1) is 24.5. The van der Waals surface area contributed by atoms with Gasteiger partial charge in [0.2, 0.25) is 0 Å². The maximum atomic E-state index is 10.5. The van der Waals surface area contributed by atoms with Gasteiger partial charge in [-0.15, -0.1) is 9.24 Å². The fourth-order valence-electron chi connectivity index (χ4n) is 3.39. The van der Waals surface area contributed by atoms with Crippen LogP contribution in [0.1, 0.15) is 30.5 Å². The van der Waals surface area contributed by atoms with Crippen LogP contribution in [0.15, 0.2) is 91.0 Å². The van der Waals surface area contributed by atoms with Crippen LogP contribution in [0.5, 0.6) is 0 Å². The molecule has 6 heteroatoms. The molecule has 0 heterocycles. The Balaban J connectivity index is 0.000000303. The summed E-state index contributed by atoms with van der Waals surface area (Å²) in [5.41, 5.74) is 3.88. The SMILES string of the molecule is CCOP(=O)(O)OCC.PCC(c1ccccc1)(c1ccccc1)c1ccccc1. The highest BCUT2D eigenvalue weighted by atomic mass is 31.2. The predicted octanol–water partition coefficient (Wildman–Crippen LogP) is 6.06. The zero-order chi connectivity index (χ0) is 21.9. The molecule has 3 aromatic carbocycles. The largest absolute Gasteiger partial charge is 0.472 e. The second kappa shape index (κ2) is 12.2. The third kappa shape index (κ3) is 6.35. The molecule has 1 atom stereocenters. The molecule has 1 N–H and O–H groups in total. The van der Waals surface area contributed by atoms with Crippen molar-refractivity contribution in [2.24, 2.45) is 0 Å². The lowest BCUT2D eigenvalue weighted by atomic mass is 9.71. The summed E-state index contributed by atoms with van der Waals surface area (Å²) in [5.74, 6) is 0. The van der Waals surface area contributed by atoms with E-state index in [1.54, 1.807) is 13.8 Å². The maximum Gasteiger partial charge on any atom is 0.472 e. The second-order valence-electron chi connectivity index (χ2n) is 6.51. The van der Waals surface area contributed by atoms with Gasteiger partial charge in [0.1, 0.15) is 0 Å². The van der Waals surface area contributed by atoms with Crippen molar-refractivity contribution in [3.05, 3.63) is 108 Å². The molecule has 0 radical (unpaired) electrons. The van der Waals surface area contributed by atoms with E-state index in [1.807, 2.05) is 0 Å². The van der Waals surface area contributed by atoms with Crippen LogP contribution >= 0.6 is 17.1 Å². The minimum atomic E-state index is -3.69. The Morgan fingerprint density at radius 2 is 1.03 bits per heavy atom. The summed E-state index contributed by atoms with van der Waals surface area (Å²) in [6.07, 6.45) is 0.949. The van der Waals surface area contributed by atoms with Gasteiger partial charge in [-0.2, -0.15) is 0 Å². The van der Waals surface area contributed by atoms with Crippen LogP contribution in [0.25, 0.3) is 0 Å². The van der Waals surface area contributed by atoms with Gasteiger partial charge in [0, 0.05) is 5.41 Å². The van der Waals surface area contributed by atoms with Gasteiger partial charge in [0.05, 0.1) is 13.2 Å². The highest BCUT2D eigenvalue weighted by Crippen LogP contribution is 2.42. The highest BCUT2D eigenvalue weighted by Gasteiger charge is 2.34. The lowest BCUT2D eigenvalue weighted by Crippen LogP contribution is -2.31. The van der Waals surface area contributed by atoms with Crippen molar-refractivity contribution in [2.45, 2.75) is 19.3 Å². The van der Waals surface area contributed by atoms with Crippen molar-refractivity contribution in [1.82, 2.24) is 0 Å². The Hall–Kier alpha value is -1.80. The molecular weight excluding hydrogens is 414 g/mol. The van der Waals surface area contributed by atoms with Gasteiger partial charge < -0.3 is 4.89 Å². The van der Waals surface area contributed by atoms with E-state index in [2.05, 4.69) is 109 Å². The van der Waals surface area contributed by atoms with E-state index < -0.39 is 7.82 Å². The average Bonchev–Trinajstić information content (AvgIpc) is 2.77. The summed E-state index contributed by atoms with van der Waals surface area (Å²) in [6.45, 7) is 3.63. The second-order valence-corrected chi connectivity index (χ2v) is 8.37. The molecule has 4 nitrogen and oxygen atoms in total. The molecule has 0 spiro atoms. The van der Waals surface area contributed by atoms with Crippen LogP contribution in [0.4, 0.5) is 0 Å². The number of phosphoric acid groups is 1. The first-order chi connectivity index (χ1) is 14.5. The van der Waals surface area contributed by atoms with Crippen LogP contribution < -0.4 is 0 Å². The fraction of sp³-hybridized carbons (Fsp3) is 0.250. The number of benzene rings is 3. The van der Waals surface area contributed by atoms with E-state index in [-0.39, 0.29) is 18.6 Å². The van der Waals surface area contributed by atoms with Crippen molar-refractivity contribution in [3.63, 3.8) is 0 Å². The number of phosphoric ester groups is 1. The third-order valence-electron chi connectivity index (χ3n) is 4.69. The van der Waals surface area contributed by atoms with Gasteiger partial charge >= 0.3 is 7.82 Å². The summed E-state index contributed by atoms with van der Waals surface area (Å²) in [4.78, 5) is 8.63. The molecule has 0 saturated heterocycles. The Morgan fingerprint density at radius 1 is 0.733 bits per heavy atom. The lowest BCUT2D eigenvalue weighted by Gasteiger charge is -2.35. The lowest BCUT2D eigenvalue weighted by molar-refractivity contribution is 0.161. The van der Waals surface area contributed by atoms with Gasteiger partial charge in [-0.05, 0) is 36.7 Å². The van der Waals surface area contributed by atoms with Crippen molar-refractivity contribution < 1.29 is 18.5 Å². The van der Waals surface area contributed by atoms with Gasteiger partial charge in [-0.25, -0.2) is 4.57 Å². The van der Waals surface area contributed by atoms with Crippen molar-refractivity contribution >= 4 is 17.1 Å². The minimum Gasteiger partial charge on any atom is -0.302 e. The van der Waals surface area contributed by atoms with Gasteiger partial charge in [0.25, 0.3) is 0 Å². The van der Waals surface area contributed by atoms with Crippen molar-refractivity contribution in [1.29, 1.82) is 0 Å². The summed E-state index contributed by atoms with van der Waals surface area (Å²) < 4.78 is 19.2. The van der Waals surface area contributed by atoms with Crippen LogP contribution in [-0.4, -0.2) is 24.3 Å². The molecule has 0 bridgehead atoms. The van der Waals surface area contributed by atoms with Crippen LogP contribution in [0.2, 0.25) is 0 Å². The summed E-state index contributed by atoms with van der Waals surface area (Å²) in [6, 6.07) is 32.3. The van der Waals surface area contributed by atoms with Gasteiger partial charge in [-0.3, -0.25) is 9.05 Å². The van der Waals surface area contributed by atoms with E-state index in [0.717, 1.165) is 6.16 Å². The zero-order valence-electron chi connectivity index (χ0n) is 17.5. The Bertz CT molecular complexity index is 796. The smallest absolute Gasteiger partial charge is 0.302 e. The molecule has 160 valence electrons. The number of hydrogen-bond acceptors (Lipinski definition) is 3. The zero-order valence-corrected chi connectivity index (χ0v) is 19.5. The summed E-state index contributed by atoms with van der Waals surface area (Å²) in [7, 11) is -0.750. The quantitative estimate of drug-likeness (QED) is 0.339. The molecular formula is C24H30O4P2. The molecule has 0 fully saturated rings. The van der Waals surface area contributed by atoms with E-state index in [9.17, 15) is 4.57 Å². The van der Waals surface area contributed by atoms with Crippen LogP contribution in [0.3, 0.4) is 0 Å². The summed E-state index contributed by atoms with van der Waals surface area (Å²) >= 11 is 0. The average molecular weight is 444 g/mol. The van der Waals surface area contributed by atoms with Crippen LogP contribution in [0, 0.1) is 0 Å². The molecule has 0 aromatic heterocycles. The molecule has 3 aromatic rings. The van der Waals surface area contributed by atoms with E-state index in [4.69, 9.17) is 4.89 Å². The monoisotopic (exact) mass is 444 g/mol. The van der Waals surface area contributed by atoms with Crippen molar-refractivity contribution in [2.75, 3.05) is 19.4 Å². The molecule has 3 rings (SSSR count). The molecule has 0 aliphatic heterocycles. The summed E-state index contributed by atoms with van der Waals surface area (Å²) in [5, 5.41) is 0. The Morgan fingerprint density at radius 3 is 1.27 bits per heavy atom. The fourth-order valence-corrected chi connectivity index (χ4v) is 4.82. The van der Waals surface area contributed by atoms with E-state index >= 15 is 0 Å². The number of rotatable bonds is 8. The highest BCUT2D eigenvalue weighted by molar-refractivity contribution is 7.47. The predicted molar refractivity (Wildman–Crippen MR) is 127 cm³/mol. The van der Waals surface area contributed by atoms with E-state index in [1.165, 1.54) is 16.7 Å². The number of hydrogen-bond donors (Lipinski definition) is 1. The maximum absolute atomic E-state index is 10.5. The Labute approximate surface area is 182 Å². The third-order valence-corrected chi connectivity index (χ3v) is 6.47. The van der Waals surface area contributed by atoms with E-state index in [0.29, 0.717) is 0 Å². The van der Waals surface area contributed by atoms with Gasteiger partial charge in [0.15, 0.2) is 0 Å². The molecule has 0 amide bonds. The normalized spacial score (nSPS) is 11.5. The minimum absolute atomic E-state index is 0.117. The Kier molecular flexibility index (Phi) is 9.91. The van der Waals surface area contributed by atoms with Crippen LogP contribution in [-0.2, 0) is 19.0 Å². The molecule has 0 aliphatic rings. The first-order valence-corrected chi connectivity index (χ1v) is 12.3. The van der Waals surface area contributed by atoms with Crippen molar-refractivity contribution in [3.8, 4) is 0 Å². The standard InChI is InChI=1S/C20H19P.C4H11O4P/c21-16-20(17-10-4-1-5-11-17,18-12-6-2-7-13-18)19-14-8-3-9-15-19;1-3-7-9(5,6)8-4-2/h1-15H,16,21H2;3-4H2,1-2H3,(H,5,6). The molecule has 30 heavy (non-hydrogen) atoms. The first-order valence-electron chi connectivity index (χ1n) is 9.98.